The van der Waals surface area contributed by atoms with E-state index in [1.54, 1.807) is 0 Å². The fraction of sp³-hybridized carbons (Fsp3) is 0.600. The molecule has 0 saturated carbocycles. The highest BCUT2D eigenvalue weighted by Crippen LogP contribution is 2.38. The van der Waals surface area contributed by atoms with Crippen molar-refractivity contribution in [2.24, 2.45) is 11.8 Å². The van der Waals surface area contributed by atoms with Crippen molar-refractivity contribution in [2.75, 3.05) is 19.8 Å². The Balaban J connectivity index is 1.96. The molecular weight excluding hydrogens is 262 g/mol. The minimum absolute atomic E-state index is 0.566. The van der Waals surface area contributed by atoms with Crippen LogP contribution in [0.3, 0.4) is 0 Å². The third-order valence-electron chi connectivity index (χ3n) is 3.59. The number of hydrogen-bond donors (Lipinski definition) is 1. The highest BCUT2D eigenvalue weighted by atomic mass is 35.5. The Morgan fingerprint density at radius 1 is 1.21 bits per heavy atom. The average Bonchev–Trinajstić information content (AvgIpc) is 2.38. The molecule has 106 valence electrons. The van der Waals surface area contributed by atoms with Crippen LogP contribution in [-0.2, 0) is 6.54 Å². The van der Waals surface area contributed by atoms with Gasteiger partial charge in [-0.25, -0.2) is 0 Å². The lowest BCUT2D eigenvalue weighted by Crippen LogP contribution is -2.24. The summed E-state index contributed by atoms with van der Waals surface area (Å²) >= 11 is 6.21. The summed E-state index contributed by atoms with van der Waals surface area (Å²) < 4.78 is 11.1. The van der Waals surface area contributed by atoms with Gasteiger partial charge < -0.3 is 14.8 Å². The molecule has 0 aromatic heterocycles. The number of ether oxygens (including phenoxy) is 2. The molecule has 1 aromatic rings. The lowest BCUT2D eigenvalue weighted by atomic mass is 9.98. The Morgan fingerprint density at radius 2 is 1.95 bits per heavy atom. The summed E-state index contributed by atoms with van der Waals surface area (Å²) in [5.74, 6) is 2.78. The molecule has 1 heterocycles. The van der Waals surface area contributed by atoms with Crippen LogP contribution in [0.25, 0.3) is 0 Å². The molecule has 1 aliphatic heterocycles. The molecule has 1 aliphatic rings. The van der Waals surface area contributed by atoms with Crippen molar-refractivity contribution in [1.82, 2.24) is 5.32 Å². The zero-order chi connectivity index (χ0) is 13.8. The van der Waals surface area contributed by atoms with Gasteiger partial charge in [0.15, 0.2) is 11.5 Å². The summed E-state index contributed by atoms with van der Waals surface area (Å²) in [6.07, 6.45) is 0. The van der Waals surface area contributed by atoms with Gasteiger partial charge in [-0.05, 0) is 36.1 Å². The second kappa shape index (κ2) is 6.49. The van der Waals surface area contributed by atoms with Gasteiger partial charge in [-0.3, -0.25) is 0 Å². The van der Waals surface area contributed by atoms with Crippen molar-refractivity contribution in [1.29, 1.82) is 0 Å². The van der Waals surface area contributed by atoms with Crippen LogP contribution in [0.15, 0.2) is 12.1 Å². The Kier molecular flexibility index (Phi) is 4.94. The molecule has 1 unspecified atom stereocenters. The van der Waals surface area contributed by atoms with Crippen molar-refractivity contribution in [2.45, 2.75) is 27.3 Å². The first-order valence-corrected chi connectivity index (χ1v) is 7.24. The molecule has 0 spiro atoms. The Bertz CT molecular complexity index is 434. The third kappa shape index (κ3) is 3.77. The van der Waals surface area contributed by atoms with Crippen LogP contribution in [0, 0.1) is 11.8 Å². The Hall–Kier alpha value is -0.930. The summed E-state index contributed by atoms with van der Waals surface area (Å²) in [5, 5.41) is 4.09. The van der Waals surface area contributed by atoms with Crippen LogP contribution in [0.4, 0.5) is 0 Å². The zero-order valence-electron chi connectivity index (χ0n) is 11.8. The van der Waals surface area contributed by atoms with Crippen LogP contribution in [0.1, 0.15) is 26.3 Å². The van der Waals surface area contributed by atoms with E-state index in [2.05, 4.69) is 26.1 Å². The van der Waals surface area contributed by atoms with E-state index in [1.807, 2.05) is 12.1 Å². The van der Waals surface area contributed by atoms with Crippen LogP contribution < -0.4 is 14.8 Å². The van der Waals surface area contributed by atoms with Crippen LogP contribution in [0.2, 0.25) is 5.02 Å². The summed E-state index contributed by atoms with van der Waals surface area (Å²) in [7, 11) is 0. The average molecular weight is 284 g/mol. The predicted octanol–water partition coefficient (Wildman–Crippen LogP) is 3.49. The van der Waals surface area contributed by atoms with E-state index in [1.165, 1.54) is 0 Å². The van der Waals surface area contributed by atoms with Crippen molar-refractivity contribution in [3.63, 3.8) is 0 Å². The SMILES string of the molecule is CC(C)C(C)CNCc1cc(Cl)c2c(c1)OCCO2. The largest absolute Gasteiger partial charge is 0.486 e. The van der Waals surface area contributed by atoms with Crippen LogP contribution >= 0.6 is 11.6 Å². The third-order valence-corrected chi connectivity index (χ3v) is 3.87. The minimum Gasteiger partial charge on any atom is -0.486 e. The second-order valence-electron chi connectivity index (χ2n) is 5.45. The molecule has 1 N–H and O–H groups in total. The van der Waals surface area contributed by atoms with E-state index in [0.29, 0.717) is 35.8 Å². The molecule has 2 rings (SSSR count). The van der Waals surface area contributed by atoms with Crippen molar-refractivity contribution < 1.29 is 9.47 Å². The van der Waals surface area contributed by atoms with E-state index in [9.17, 15) is 0 Å². The number of hydrogen-bond acceptors (Lipinski definition) is 3. The van der Waals surface area contributed by atoms with Gasteiger partial charge in [-0.2, -0.15) is 0 Å². The van der Waals surface area contributed by atoms with Crippen LogP contribution in [-0.4, -0.2) is 19.8 Å². The van der Waals surface area contributed by atoms with Gasteiger partial charge >= 0.3 is 0 Å². The van der Waals surface area contributed by atoms with E-state index in [4.69, 9.17) is 21.1 Å². The molecule has 1 atom stereocenters. The molecular formula is C15H22ClNO2. The van der Waals surface area contributed by atoms with Gasteiger partial charge in [0.1, 0.15) is 13.2 Å². The molecule has 0 saturated heterocycles. The predicted molar refractivity (Wildman–Crippen MR) is 78.2 cm³/mol. The van der Waals surface area contributed by atoms with Crippen molar-refractivity contribution >= 4 is 11.6 Å². The molecule has 0 bridgehead atoms. The fourth-order valence-electron chi connectivity index (χ4n) is 1.95. The zero-order valence-corrected chi connectivity index (χ0v) is 12.6. The van der Waals surface area contributed by atoms with E-state index < -0.39 is 0 Å². The number of benzene rings is 1. The van der Waals surface area contributed by atoms with Gasteiger partial charge in [0.25, 0.3) is 0 Å². The van der Waals surface area contributed by atoms with Gasteiger partial charge in [0.2, 0.25) is 0 Å². The van der Waals surface area contributed by atoms with Gasteiger partial charge in [0.05, 0.1) is 5.02 Å². The number of fused-ring (bicyclic) bond motifs is 1. The van der Waals surface area contributed by atoms with Crippen molar-refractivity contribution in [3.05, 3.63) is 22.7 Å². The first-order valence-electron chi connectivity index (χ1n) is 6.86. The second-order valence-corrected chi connectivity index (χ2v) is 5.86. The van der Waals surface area contributed by atoms with Gasteiger partial charge in [-0.1, -0.05) is 32.4 Å². The summed E-state index contributed by atoms with van der Waals surface area (Å²) in [6.45, 7) is 9.70. The van der Waals surface area contributed by atoms with E-state index >= 15 is 0 Å². The highest BCUT2D eigenvalue weighted by Gasteiger charge is 2.16. The first-order chi connectivity index (χ1) is 9.08. The maximum absolute atomic E-state index is 6.21. The smallest absolute Gasteiger partial charge is 0.179 e. The topological polar surface area (TPSA) is 30.5 Å². The molecule has 4 heteroatoms. The molecule has 0 radical (unpaired) electrons. The lowest BCUT2D eigenvalue weighted by molar-refractivity contribution is 0.171. The molecule has 19 heavy (non-hydrogen) atoms. The van der Waals surface area contributed by atoms with Crippen LogP contribution in [0.5, 0.6) is 11.5 Å². The maximum atomic E-state index is 6.21. The number of halogens is 1. The Morgan fingerprint density at radius 3 is 2.68 bits per heavy atom. The lowest BCUT2D eigenvalue weighted by Gasteiger charge is -2.21. The number of nitrogens with one attached hydrogen (secondary N) is 1. The molecule has 0 aliphatic carbocycles. The minimum atomic E-state index is 0.566. The van der Waals surface area contributed by atoms with E-state index in [0.717, 1.165) is 24.4 Å². The molecule has 0 amide bonds. The first kappa shape index (κ1) is 14.5. The van der Waals surface area contributed by atoms with E-state index in [-0.39, 0.29) is 0 Å². The monoisotopic (exact) mass is 283 g/mol. The van der Waals surface area contributed by atoms with Gasteiger partial charge in [-0.15, -0.1) is 0 Å². The summed E-state index contributed by atoms with van der Waals surface area (Å²) in [6, 6.07) is 3.95. The van der Waals surface area contributed by atoms with Gasteiger partial charge in [0, 0.05) is 6.54 Å². The number of rotatable bonds is 5. The molecule has 0 fully saturated rings. The Labute approximate surface area is 120 Å². The highest BCUT2D eigenvalue weighted by molar-refractivity contribution is 6.32. The summed E-state index contributed by atoms with van der Waals surface area (Å²) in [5.41, 5.74) is 1.13. The van der Waals surface area contributed by atoms with Crippen molar-refractivity contribution in [3.8, 4) is 11.5 Å². The molecule has 3 nitrogen and oxygen atoms in total. The molecule has 1 aromatic carbocycles. The standard InChI is InChI=1S/C15H22ClNO2/c1-10(2)11(3)8-17-9-12-6-13(16)15-14(7-12)18-4-5-19-15/h6-7,10-11,17H,4-5,8-9H2,1-3H3. The quantitative estimate of drug-likeness (QED) is 0.897. The normalized spacial score (nSPS) is 15.6. The maximum Gasteiger partial charge on any atom is 0.179 e. The fourth-order valence-corrected chi connectivity index (χ4v) is 2.23. The summed E-state index contributed by atoms with van der Waals surface area (Å²) in [4.78, 5) is 0.